The number of likely N-dealkylation sites (tertiary alicyclic amines) is 1. The molecule has 1 aliphatic heterocycles. The Bertz CT molecular complexity index is 733. The van der Waals surface area contributed by atoms with Crippen molar-refractivity contribution in [1.29, 1.82) is 0 Å². The van der Waals surface area contributed by atoms with Crippen molar-refractivity contribution in [3.05, 3.63) is 28.8 Å². The molecule has 1 aliphatic rings. The minimum atomic E-state index is -0.0337. The monoisotopic (exact) mass is 331 g/mol. The molecule has 1 saturated heterocycles. The smallest absolute Gasteiger partial charge is 0.226 e. The lowest BCUT2D eigenvalue weighted by Gasteiger charge is -2.24. The van der Waals surface area contributed by atoms with Crippen molar-refractivity contribution in [1.82, 2.24) is 19.8 Å². The van der Waals surface area contributed by atoms with Crippen LogP contribution in [0.1, 0.15) is 48.0 Å². The maximum absolute atomic E-state index is 12.1. The standard InChI is InChI=1S/C17H25N5O2/c1-11-10-15(20-24-11)18-16(23)7-9-22-8-5-6-14(22)17-12(2)19-21(4)13(17)3/h10,14H,5-9H2,1-4H3,(H,18,20,23)/t14-/m1/s1. The fourth-order valence-electron chi connectivity index (χ4n) is 3.57. The average molecular weight is 331 g/mol. The van der Waals surface area contributed by atoms with E-state index in [0.717, 1.165) is 31.6 Å². The third-order valence-electron chi connectivity index (χ3n) is 4.78. The van der Waals surface area contributed by atoms with Crippen molar-refractivity contribution in [2.75, 3.05) is 18.4 Å². The lowest BCUT2D eigenvalue weighted by atomic mass is 10.0. The van der Waals surface area contributed by atoms with Crippen molar-refractivity contribution >= 4 is 11.7 Å². The predicted molar refractivity (Wildman–Crippen MR) is 90.7 cm³/mol. The van der Waals surface area contributed by atoms with Gasteiger partial charge in [-0.05, 0) is 40.2 Å². The third kappa shape index (κ3) is 3.36. The largest absolute Gasteiger partial charge is 0.360 e. The van der Waals surface area contributed by atoms with Crippen molar-refractivity contribution in [2.45, 2.75) is 46.1 Å². The number of carbonyl (C=O) groups excluding carboxylic acids is 1. The van der Waals surface area contributed by atoms with Crippen LogP contribution in [-0.2, 0) is 11.8 Å². The second-order valence-corrected chi connectivity index (χ2v) is 6.52. The number of anilines is 1. The summed E-state index contributed by atoms with van der Waals surface area (Å²) < 4.78 is 6.91. The maximum atomic E-state index is 12.1. The molecule has 0 radical (unpaired) electrons. The van der Waals surface area contributed by atoms with Crippen molar-refractivity contribution in [2.24, 2.45) is 7.05 Å². The van der Waals surface area contributed by atoms with Crippen LogP contribution < -0.4 is 5.32 Å². The van der Waals surface area contributed by atoms with Gasteiger partial charge in [0.15, 0.2) is 5.82 Å². The molecule has 1 fully saturated rings. The first-order valence-corrected chi connectivity index (χ1v) is 8.43. The van der Waals surface area contributed by atoms with E-state index >= 15 is 0 Å². The third-order valence-corrected chi connectivity index (χ3v) is 4.78. The van der Waals surface area contributed by atoms with Crippen LogP contribution in [0.2, 0.25) is 0 Å². The van der Waals surface area contributed by atoms with E-state index in [4.69, 9.17) is 4.52 Å². The summed E-state index contributed by atoms with van der Waals surface area (Å²) in [6.45, 7) is 7.75. The first kappa shape index (κ1) is 16.7. The molecule has 3 rings (SSSR count). The van der Waals surface area contributed by atoms with Gasteiger partial charge in [0.25, 0.3) is 0 Å². The van der Waals surface area contributed by atoms with Crippen LogP contribution in [0.15, 0.2) is 10.6 Å². The summed E-state index contributed by atoms with van der Waals surface area (Å²) in [4.78, 5) is 14.5. The zero-order chi connectivity index (χ0) is 17.3. The highest BCUT2D eigenvalue weighted by molar-refractivity contribution is 5.89. The summed E-state index contributed by atoms with van der Waals surface area (Å²) in [5, 5.41) is 11.1. The molecule has 1 amide bonds. The first-order valence-electron chi connectivity index (χ1n) is 8.43. The fourth-order valence-corrected chi connectivity index (χ4v) is 3.57. The van der Waals surface area contributed by atoms with Gasteiger partial charge < -0.3 is 9.84 Å². The topological polar surface area (TPSA) is 76.2 Å². The summed E-state index contributed by atoms with van der Waals surface area (Å²) in [5.74, 6) is 1.13. The molecule has 7 nitrogen and oxygen atoms in total. The van der Waals surface area contributed by atoms with Crippen molar-refractivity contribution in [3.63, 3.8) is 0 Å². The number of hydrogen-bond donors (Lipinski definition) is 1. The number of nitrogens with zero attached hydrogens (tertiary/aromatic N) is 4. The van der Waals surface area contributed by atoms with Crippen LogP contribution in [0.4, 0.5) is 5.82 Å². The Morgan fingerprint density at radius 2 is 2.21 bits per heavy atom. The van der Waals surface area contributed by atoms with E-state index in [9.17, 15) is 4.79 Å². The van der Waals surface area contributed by atoms with Crippen LogP contribution in [0.3, 0.4) is 0 Å². The van der Waals surface area contributed by atoms with Crippen LogP contribution in [0.5, 0.6) is 0 Å². The van der Waals surface area contributed by atoms with Gasteiger partial charge >= 0.3 is 0 Å². The summed E-state index contributed by atoms with van der Waals surface area (Å²) in [6.07, 6.45) is 2.72. The van der Waals surface area contributed by atoms with Gasteiger partial charge in [0.2, 0.25) is 5.91 Å². The highest BCUT2D eigenvalue weighted by Gasteiger charge is 2.30. The number of rotatable bonds is 5. The molecule has 7 heteroatoms. The van der Waals surface area contributed by atoms with Gasteiger partial charge in [0.05, 0.1) is 5.69 Å². The predicted octanol–water partition coefficient (Wildman–Crippen LogP) is 2.50. The molecule has 0 aromatic carbocycles. The van der Waals surface area contributed by atoms with Gasteiger partial charge in [-0.25, -0.2) is 0 Å². The highest BCUT2D eigenvalue weighted by atomic mass is 16.5. The van der Waals surface area contributed by atoms with Crippen LogP contribution in [-0.4, -0.2) is 38.8 Å². The van der Waals surface area contributed by atoms with E-state index in [2.05, 4.69) is 34.3 Å². The Hall–Kier alpha value is -2.15. The Morgan fingerprint density at radius 1 is 1.42 bits per heavy atom. The molecular formula is C17H25N5O2. The number of amides is 1. The lowest BCUT2D eigenvalue weighted by Crippen LogP contribution is -2.28. The van der Waals surface area contributed by atoms with Gasteiger partial charge in [-0.2, -0.15) is 5.10 Å². The molecule has 0 aliphatic carbocycles. The van der Waals surface area contributed by atoms with E-state index in [0.29, 0.717) is 24.0 Å². The van der Waals surface area contributed by atoms with Gasteiger partial charge in [-0.3, -0.25) is 14.4 Å². The number of nitrogens with one attached hydrogen (secondary N) is 1. The van der Waals surface area contributed by atoms with Crippen LogP contribution in [0, 0.1) is 20.8 Å². The van der Waals surface area contributed by atoms with Gasteiger partial charge in [-0.15, -0.1) is 0 Å². The van der Waals surface area contributed by atoms with Crippen LogP contribution >= 0.6 is 0 Å². The molecule has 0 unspecified atom stereocenters. The van der Waals surface area contributed by atoms with Gasteiger partial charge in [-0.1, -0.05) is 5.16 Å². The molecule has 130 valence electrons. The SMILES string of the molecule is Cc1cc(NC(=O)CCN2CCC[C@@H]2c2c(C)nn(C)c2C)no1. The Kier molecular flexibility index (Phi) is 4.71. The molecule has 0 saturated carbocycles. The minimum absolute atomic E-state index is 0.0337. The molecule has 1 N–H and O–H groups in total. The fraction of sp³-hybridized carbons (Fsp3) is 0.588. The van der Waals surface area contributed by atoms with E-state index in [1.165, 1.54) is 11.3 Å². The normalized spacial score (nSPS) is 18.2. The van der Waals surface area contributed by atoms with E-state index < -0.39 is 0 Å². The summed E-state index contributed by atoms with van der Waals surface area (Å²) in [6, 6.07) is 2.08. The zero-order valence-corrected chi connectivity index (χ0v) is 14.8. The molecule has 24 heavy (non-hydrogen) atoms. The van der Waals surface area contributed by atoms with Gasteiger partial charge in [0, 0.05) is 43.4 Å². The second-order valence-electron chi connectivity index (χ2n) is 6.52. The lowest BCUT2D eigenvalue weighted by molar-refractivity contribution is -0.116. The number of hydrogen-bond acceptors (Lipinski definition) is 5. The van der Waals surface area contributed by atoms with Crippen LogP contribution in [0.25, 0.3) is 0 Å². The molecule has 3 heterocycles. The average Bonchev–Trinajstić information content (AvgIpc) is 3.19. The maximum Gasteiger partial charge on any atom is 0.226 e. The Morgan fingerprint density at radius 3 is 2.83 bits per heavy atom. The molecule has 2 aromatic rings. The highest BCUT2D eigenvalue weighted by Crippen LogP contribution is 2.35. The number of aromatic nitrogens is 3. The molecular weight excluding hydrogens is 306 g/mol. The molecule has 0 spiro atoms. The molecule has 2 aromatic heterocycles. The van der Waals surface area contributed by atoms with Crippen molar-refractivity contribution in [3.8, 4) is 0 Å². The zero-order valence-electron chi connectivity index (χ0n) is 14.8. The molecule has 0 bridgehead atoms. The quantitative estimate of drug-likeness (QED) is 0.911. The van der Waals surface area contributed by atoms with Crippen molar-refractivity contribution < 1.29 is 9.32 Å². The Labute approximate surface area is 142 Å². The Balaban J connectivity index is 1.61. The van der Waals surface area contributed by atoms with E-state index in [-0.39, 0.29) is 5.91 Å². The summed E-state index contributed by atoms with van der Waals surface area (Å²) in [5.41, 5.74) is 3.63. The first-order chi connectivity index (χ1) is 11.5. The van der Waals surface area contributed by atoms with E-state index in [1.54, 1.807) is 13.0 Å². The summed E-state index contributed by atoms with van der Waals surface area (Å²) >= 11 is 0. The minimum Gasteiger partial charge on any atom is -0.360 e. The number of carbonyl (C=O) groups is 1. The van der Waals surface area contributed by atoms with Gasteiger partial charge in [0.1, 0.15) is 5.76 Å². The second kappa shape index (κ2) is 6.76. The van der Waals surface area contributed by atoms with E-state index in [1.807, 2.05) is 11.7 Å². The molecule has 1 atom stereocenters. The summed E-state index contributed by atoms with van der Waals surface area (Å²) in [7, 11) is 1.98. The number of aryl methyl sites for hydroxylation is 3.